The number of nitrogens with zero attached hydrogens (tertiary/aromatic N) is 2. The zero-order valence-electron chi connectivity index (χ0n) is 17.8. The van der Waals surface area contributed by atoms with Gasteiger partial charge in [0.1, 0.15) is 5.75 Å². The van der Waals surface area contributed by atoms with E-state index in [1.807, 2.05) is 0 Å². The Labute approximate surface area is 183 Å². The first kappa shape index (κ1) is 22.4. The van der Waals surface area contributed by atoms with Crippen LogP contribution in [0.25, 0.3) is 22.5 Å². The van der Waals surface area contributed by atoms with Crippen molar-refractivity contribution in [1.82, 2.24) is 9.71 Å². The minimum atomic E-state index is -4.96. The van der Waals surface area contributed by atoms with Crippen LogP contribution >= 0.6 is 0 Å². The summed E-state index contributed by atoms with van der Waals surface area (Å²) in [7, 11) is -4.77. The monoisotopic (exact) mass is 468 g/mol. The summed E-state index contributed by atoms with van der Waals surface area (Å²) in [6.07, 6.45) is -1.40. The molecule has 1 saturated carbocycles. The summed E-state index contributed by atoms with van der Waals surface area (Å²) in [5, 5.41) is 10.3. The average molecular weight is 468 g/mol. The van der Waals surface area contributed by atoms with Gasteiger partial charge in [0.05, 0.1) is 17.2 Å². The Balaban J connectivity index is 1.91. The van der Waals surface area contributed by atoms with Crippen molar-refractivity contribution in [3.63, 3.8) is 0 Å². The maximum Gasteiger partial charge on any atom is 0.408 e. The number of aryl methyl sites for hydroxylation is 1. The molecule has 4 rings (SSSR count). The van der Waals surface area contributed by atoms with E-state index in [-0.39, 0.29) is 5.82 Å². The summed E-state index contributed by atoms with van der Waals surface area (Å²) in [4.78, 5) is 3.67. The number of sulfone groups is 1. The lowest BCUT2D eigenvalue weighted by Gasteiger charge is -2.28. The molecule has 10 heteroatoms. The fraction of sp³-hybridized carbons (Fsp3) is 0.409. The molecule has 32 heavy (non-hydrogen) atoms. The zero-order valence-corrected chi connectivity index (χ0v) is 18.6. The number of benzene rings is 1. The second kappa shape index (κ2) is 7.40. The van der Waals surface area contributed by atoms with Gasteiger partial charge in [-0.05, 0) is 75.4 Å². The maximum atomic E-state index is 13.6. The highest BCUT2D eigenvalue weighted by Crippen LogP contribution is 2.44. The third-order valence-corrected chi connectivity index (χ3v) is 8.38. The van der Waals surface area contributed by atoms with E-state index in [0.717, 1.165) is 23.6 Å². The van der Waals surface area contributed by atoms with Gasteiger partial charge in [0.15, 0.2) is 20.4 Å². The topological polar surface area (TPSA) is 81.4 Å². The van der Waals surface area contributed by atoms with Crippen LogP contribution in [0.3, 0.4) is 0 Å². The Morgan fingerprint density at radius 2 is 1.81 bits per heavy atom. The van der Waals surface area contributed by atoms with Crippen molar-refractivity contribution in [2.24, 2.45) is 5.92 Å². The number of pyridine rings is 1. The van der Waals surface area contributed by atoms with Gasteiger partial charge in [-0.3, -0.25) is 0 Å². The molecular weight excluding hydrogens is 445 g/mol. The SMILES string of the molecule is Cc1cc(-c2cc(S(=O)(=O)C(C)(C)C(F)(F)F)ccc2OCC2CC2)c2ccnc-2n1O. The molecule has 1 N–H and O–H groups in total. The molecule has 0 spiro atoms. The highest BCUT2D eigenvalue weighted by atomic mass is 32.2. The van der Waals surface area contributed by atoms with Crippen LogP contribution in [0.15, 0.2) is 41.4 Å². The Morgan fingerprint density at radius 3 is 2.44 bits per heavy atom. The number of aromatic nitrogens is 2. The van der Waals surface area contributed by atoms with Crippen molar-refractivity contribution in [1.29, 1.82) is 0 Å². The van der Waals surface area contributed by atoms with Crippen LogP contribution in [0.1, 0.15) is 32.4 Å². The zero-order chi connectivity index (χ0) is 23.5. The Bertz CT molecular complexity index is 1240. The predicted octanol–water partition coefficient (Wildman–Crippen LogP) is 5.10. The largest absolute Gasteiger partial charge is 0.493 e. The number of hydrogen-bond acceptors (Lipinski definition) is 5. The van der Waals surface area contributed by atoms with Crippen molar-refractivity contribution in [2.45, 2.75) is 49.4 Å². The molecule has 1 aliphatic carbocycles. The summed E-state index contributed by atoms with van der Waals surface area (Å²) in [5.41, 5.74) is 1.77. The quantitative estimate of drug-likeness (QED) is 0.509. The normalized spacial score (nSPS) is 15.3. The molecule has 2 heterocycles. The molecule has 172 valence electrons. The van der Waals surface area contributed by atoms with Crippen LogP contribution in [-0.2, 0) is 9.84 Å². The van der Waals surface area contributed by atoms with Crippen molar-refractivity contribution in [3.8, 4) is 28.3 Å². The lowest BCUT2D eigenvalue weighted by molar-refractivity contribution is -0.153. The molecule has 0 aromatic heterocycles. The first-order valence-corrected chi connectivity index (χ1v) is 11.6. The molecule has 1 aromatic rings. The standard InChI is InChI=1S/C22H23F3N2O4S/c1-13-10-17(16-8-9-26-20(16)27(13)28)18-11-15(6-7-19(18)31-12-14-4-5-14)32(29,30)21(2,3)22(23,24)25/h6-11,14,28H,4-5,12H2,1-3H3. The van der Waals surface area contributed by atoms with Crippen LogP contribution < -0.4 is 4.74 Å². The molecule has 0 saturated heterocycles. The molecule has 2 aliphatic heterocycles. The van der Waals surface area contributed by atoms with Gasteiger partial charge >= 0.3 is 6.18 Å². The molecular formula is C22H23F3N2O4S. The Kier molecular flexibility index (Phi) is 5.19. The first-order chi connectivity index (χ1) is 14.8. The molecule has 1 aromatic carbocycles. The Hall–Kier alpha value is -2.75. The lowest BCUT2D eigenvalue weighted by atomic mass is 9.99. The van der Waals surface area contributed by atoms with Crippen LogP contribution in [0.2, 0.25) is 0 Å². The van der Waals surface area contributed by atoms with E-state index in [0.29, 0.717) is 54.5 Å². The molecule has 3 aliphatic rings. The summed E-state index contributed by atoms with van der Waals surface area (Å²) in [6.45, 7) is 3.37. The van der Waals surface area contributed by atoms with E-state index in [9.17, 15) is 26.8 Å². The van der Waals surface area contributed by atoms with Crippen molar-refractivity contribution in [2.75, 3.05) is 6.61 Å². The van der Waals surface area contributed by atoms with Crippen LogP contribution in [-0.4, -0.2) is 40.9 Å². The van der Waals surface area contributed by atoms with Crippen LogP contribution in [0, 0.1) is 12.8 Å². The van der Waals surface area contributed by atoms with Gasteiger partial charge in [0, 0.05) is 17.3 Å². The van der Waals surface area contributed by atoms with E-state index in [2.05, 4.69) is 4.98 Å². The smallest absolute Gasteiger partial charge is 0.408 e. The molecule has 6 nitrogen and oxygen atoms in total. The third kappa shape index (κ3) is 3.60. The van der Waals surface area contributed by atoms with Gasteiger partial charge in [0.2, 0.25) is 0 Å². The molecule has 0 atom stereocenters. The van der Waals surface area contributed by atoms with E-state index < -0.39 is 25.7 Å². The van der Waals surface area contributed by atoms with E-state index >= 15 is 0 Å². The first-order valence-electron chi connectivity index (χ1n) is 10.1. The maximum absolute atomic E-state index is 13.6. The van der Waals surface area contributed by atoms with Gasteiger partial charge in [-0.2, -0.15) is 17.9 Å². The van der Waals surface area contributed by atoms with Gasteiger partial charge in [-0.15, -0.1) is 0 Å². The summed E-state index contributed by atoms with van der Waals surface area (Å²) in [5.74, 6) is 1.02. The molecule has 0 bridgehead atoms. The fourth-order valence-electron chi connectivity index (χ4n) is 3.39. The predicted molar refractivity (Wildman–Crippen MR) is 112 cm³/mol. The van der Waals surface area contributed by atoms with Crippen molar-refractivity contribution in [3.05, 3.63) is 42.2 Å². The second-order valence-corrected chi connectivity index (χ2v) is 11.1. The second-order valence-electron chi connectivity index (χ2n) is 8.62. The highest BCUT2D eigenvalue weighted by Gasteiger charge is 2.57. The van der Waals surface area contributed by atoms with Crippen molar-refractivity contribution < 1.29 is 31.5 Å². The average Bonchev–Trinajstić information content (AvgIpc) is 3.41. The Morgan fingerprint density at radius 1 is 1.12 bits per heavy atom. The van der Waals surface area contributed by atoms with Gasteiger partial charge in [-0.1, -0.05) is 0 Å². The van der Waals surface area contributed by atoms with E-state index in [4.69, 9.17) is 4.74 Å². The van der Waals surface area contributed by atoms with E-state index in [1.54, 1.807) is 19.1 Å². The number of rotatable bonds is 6. The summed E-state index contributed by atoms with van der Waals surface area (Å²) in [6, 6.07) is 7.02. The third-order valence-electron chi connectivity index (χ3n) is 5.93. The number of ether oxygens (including phenoxy) is 1. The molecule has 0 amide bonds. The van der Waals surface area contributed by atoms with E-state index in [1.165, 1.54) is 18.3 Å². The molecule has 0 radical (unpaired) electrons. The number of halogens is 3. The highest BCUT2D eigenvalue weighted by molar-refractivity contribution is 7.92. The summed E-state index contributed by atoms with van der Waals surface area (Å²) < 4.78 is 70.5. The number of hydrogen-bond donors (Lipinski definition) is 1. The summed E-state index contributed by atoms with van der Waals surface area (Å²) >= 11 is 0. The fourth-order valence-corrected chi connectivity index (χ4v) is 4.81. The molecule has 1 fully saturated rings. The minimum Gasteiger partial charge on any atom is -0.493 e. The molecule has 0 unspecified atom stereocenters. The van der Waals surface area contributed by atoms with Gasteiger partial charge in [-0.25, -0.2) is 13.4 Å². The number of alkyl halides is 3. The number of fused-ring (bicyclic) bond motifs is 1. The van der Waals surface area contributed by atoms with Gasteiger partial charge < -0.3 is 9.94 Å². The van der Waals surface area contributed by atoms with Crippen LogP contribution in [0.4, 0.5) is 13.2 Å². The van der Waals surface area contributed by atoms with Gasteiger partial charge in [0.25, 0.3) is 0 Å². The lowest BCUT2D eigenvalue weighted by Crippen LogP contribution is -2.46. The minimum absolute atomic E-state index is 0.247. The van der Waals surface area contributed by atoms with Crippen molar-refractivity contribution >= 4 is 9.84 Å². The van der Waals surface area contributed by atoms with Crippen LogP contribution in [0.5, 0.6) is 5.75 Å².